The first-order chi connectivity index (χ1) is 13.7. The van der Waals surface area contributed by atoms with Gasteiger partial charge in [-0.25, -0.2) is 4.98 Å². The molecule has 3 aromatic rings. The molecule has 1 atom stereocenters. The summed E-state index contributed by atoms with van der Waals surface area (Å²) < 4.78 is 2.08. The first kappa shape index (κ1) is 21.2. The number of aryl methyl sites for hydroxylation is 1. The zero-order valence-electron chi connectivity index (χ0n) is 15.3. The summed E-state index contributed by atoms with van der Waals surface area (Å²) in [5.41, 5.74) is 3.02. The standard InChI is InChI=1S/C19H21N3O2S4/c1-25-7-6-16(20-12-23)18(24)21-14-2-3-15-17(10-14)28-19(22-15)27-9-5-13-4-8-26-11-13/h2-4,8,10-12,16H,5-7,9H2,1H3,(H,20,23)(H,21,24). The van der Waals surface area contributed by atoms with Gasteiger partial charge in [-0.05, 0) is 65.4 Å². The molecule has 0 spiro atoms. The van der Waals surface area contributed by atoms with Crippen LogP contribution in [0.4, 0.5) is 5.69 Å². The van der Waals surface area contributed by atoms with Crippen LogP contribution in [0.15, 0.2) is 39.4 Å². The van der Waals surface area contributed by atoms with Gasteiger partial charge in [0.25, 0.3) is 0 Å². The van der Waals surface area contributed by atoms with Crippen molar-refractivity contribution in [1.29, 1.82) is 0 Å². The average molecular weight is 452 g/mol. The molecule has 28 heavy (non-hydrogen) atoms. The highest BCUT2D eigenvalue weighted by Gasteiger charge is 2.17. The predicted molar refractivity (Wildman–Crippen MR) is 123 cm³/mol. The first-order valence-corrected chi connectivity index (χ1v) is 12.9. The number of fused-ring (bicyclic) bond motifs is 1. The molecule has 0 saturated heterocycles. The second-order valence-electron chi connectivity index (χ2n) is 6.00. The third kappa shape index (κ3) is 5.97. The summed E-state index contributed by atoms with van der Waals surface area (Å²) in [7, 11) is 0. The molecule has 3 rings (SSSR count). The fourth-order valence-electron chi connectivity index (χ4n) is 2.57. The Labute approximate surface area is 180 Å². The van der Waals surface area contributed by atoms with E-state index in [4.69, 9.17) is 0 Å². The maximum absolute atomic E-state index is 12.4. The number of thiophene rings is 1. The normalized spacial score (nSPS) is 12.0. The number of hydrogen-bond donors (Lipinski definition) is 2. The van der Waals surface area contributed by atoms with Crippen LogP contribution in [-0.4, -0.2) is 41.1 Å². The summed E-state index contributed by atoms with van der Waals surface area (Å²) in [5, 5.41) is 9.78. The summed E-state index contributed by atoms with van der Waals surface area (Å²) in [6.07, 6.45) is 4.19. The van der Waals surface area contributed by atoms with Gasteiger partial charge < -0.3 is 10.6 Å². The van der Waals surface area contributed by atoms with Gasteiger partial charge in [-0.2, -0.15) is 23.1 Å². The summed E-state index contributed by atoms with van der Waals surface area (Å²) in [5.74, 6) is 1.60. The number of thiazole rings is 1. The van der Waals surface area contributed by atoms with Crippen molar-refractivity contribution in [2.45, 2.75) is 23.2 Å². The Bertz CT molecular complexity index is 911. The lowest BCUT2D eigenvalue weighted by Gasteiger charge is -2.15. The van der Waals surface area contributed by atoms with Gasteiger partial charge in [0.1, 0.15) is 6.04 Å². The van der Waals surface area contributed by atoms with Gasteiger partial charge >= 0.3 is 0 Å². The van der Waals surface area contributed by atoms with Crippen LogP contribution in [0.1, 0.15) is 12.0 Å². The van der Waals surface area contributed by atoms with Crippen LogP contribution in [0.5, 0.6) is 0 Å². The lowest BCUT2D eigenvalue weighted by Crippen LogP contribution is -2.40. The van der Waals surface area contributed by atoms with Crippen molar-refractivity contribution in [2.24, 2.45) is 0 Å². The Morgan fingerprint density at radius 1 is 1.32 bits per heavy atom. The number of amides is 2. The minimum absolute atomic E-state index is 0.199. The Kier molecular flexibility index (Phi) is 8.20. The van der Waals surface area contributed by atoms with Crippen LogP contribution in [0.2, 0.25) is 0 Å². The molecule has 2 heterocycles. The first-order valence-electron chi connectivity index (χ1n) is 8.73. The maximum atomic E-state index is 12.4. The van der Waals surface area contributed by atoms with E-state index in [2.05, 4.69) is 32.4 Å². The van der Waals surface area contributed by atoms with Crippen molar-refractivity contribution in [1.82, 2.24) is 10.3 Å². The van der Waals surface area contributed by atoms with E-state index in [1.54, 1.807) is 46.2 Å². The Morgan fingerprint density at radius 3 is 2.96 bits per heavy atom. The minimum Gasteiger partial charge on any atom is -0.347 e. The van der Waals surface area contributed by atoms with E-state index in [-0.39, 0.29) is 5.91 Å². The molecule has 0 saturated carbocycles. The van der Waals surface area contributed by atoms with Crippen LogP contribution in [0.3, 0.4) is 0 Å². The van der Waals surface area contributed by atoms with E-state index < -0.39 is 6.04 Å². The number of nitrogens with one attached hydrogen (secondary N) is 2. The van der Waals surface area contributed by atoms with Crippen molar-refractivity contribution in [2.75, 3.05) is 23.1 Å². The number of carbonyl (C=O) groups excluding carboxylic acids is 2. The van der Waals surface area contributed by atoms with Crippen molar-refractivity contribution in [3.63, 3.8) is 0 Å². The van der Waals surface area contributed by atoms with Crippen LogP contribution in [0.25, 0.3) is 10.2 Å². The van der Waals surface area contributed by atoms with Crippen molar-refractivity contribution in [3.05, 3.63) is 40.6 Å². The number of anilines is 1. The highest BCUT2D eigenvalue weighted by molar-refractivity contribution is 8.01. The Morgan fingerprint density at radius 2 is 2.21 bits per heavy atom. The van der Waals surface area contributed by atoms with E-state index in [1.165, 1.54) is 5.56 Å². The van der Waals surface area contributed by atoms with Gasteiger partial charge in [-0.3, -0.25) is 9.59 Å². The zero-order valence-corrected chi connectivity index (χ0v) is 18.6. The molecule has 5 nitrogen and oxygen atoms in total. The van der Waals surface area contributed by atoms with Crippen molar-refractivity contribution < 1.29 is 9.59 Å². The molecule has 0 radical (unpaired) electrons. The molecule has 0 aliphatic rings. The quantitative estimate of drug-likeness (QED) is 0.332. The number of hydrogen-bond acceptors (Lipinski definition) is 7. The molecule has 2 amide bonds. The van der Waals surface area contributed by atoms with Crippen LogP contribution in [0, 0.1) is 0 Å². The van der Waals surface area contributed by atoms with Crippen molar-refractivity contribution >= 4 is 74.4 Å². The highest BCUT2D eigenvalue weighted by Crippen LogP contribution is 2.31. The SMILES string of the molecule is CSCCC(NC=O)C(=O)Nc1ccc2nc(SCCc3ccsc3)sc2c1. The second-order valence-corrected chi connectivity index (χ2v) is 10.1. The third-order valence-electron chi connectivity index (χ3n) is 4.03. The number of rotatable bonds is 11. The van der Waals surface area contributed by atoms with E-state index in [0.717, 1.165) is 38.2 Å². The average Bonchev–Trinajstić information content (AvgIpc) is 3.34. The molecule has 1 aromatic carbocycles. The Hall–Kier alpha value is -1.55. The molecule has 0 bridgehead atoms. The lowest BCUT2D eigenvalue weighted by molar-refractivity contribution is -0.121. The third-order valence-corrected chi connectivity index (χ3v) is 7.57. The minimum atomic E-state index is -0.523. The number of benzene rings is 1. The fraction of sp³-hybridized carbons (Fsp3) is 0.316. The van der Waals surface area contributed by atoms with Gasteiger partial charge in [0, 0.05) is 11.4 Å². The summed E-state index contributed by atoms with van der Waals surface area (Å²) >= 11 is 6.76. The molecular weight excluding hydrogens is 430 g/mol. The van der Waals surface area contributed by atoms with Crippen LogP contribution in [-0.2, 0) is 16.0 Å². The van der Waals surface area contributed by atoms with Crippen LogP contribution < -0.4 is 10.6 Å². The molecular formula is C19H21N3O2S4. The molecule has 1 unspecified atom stereocenters. The molecule has 148 valence electrons. The van der Waals surface area contributed by atoms with Gasteiger partial charge in [0.15, 0.2) is 4.34 Å². The van der Waals surface area contributed by atoms with Crippen LogP contribution >= 0.6 is 46.2 Å². The summed E-state index contributed by atoms with van der Waals surface area (Å²) in [6, 6.07) is 7.36. The Balaban J connectivity index is 1.61. The van der Waals surface area contributed by atoms with E-state index in [1.807, 2.05) is 24.5 Å². The van der Waals surface area contributed by atoms with Gasteiger partial charge in [0.05, 0.1) is 10.2 Å². The molecule has 0 aliphatic heterocycles. The van der Waals surface area contributed by atoms with E-state index in [0.29, 0.717) is 12.8 Å². The van der Waals surface area contributed by atoms with E-state index >= 15 is 0 Å². The highest BCUT2D eigenvalue weighted by atomic mass is 32.2. The molecule has 0 aliphatic carbocycles. The second kappa shape index (κ2) is 10.8. The number of nitrogens with zero attached hydrogens (tertiary/aromatic N) is 1. The van der Waals surface area contributed by atoms with Gasteiger partial charge in [-0.15, -0.1) is 11.3 Å². The number of aromatic nitrogens is 1. The summed E-state index contributed by atoms with van der Waals surface area (Å²) in [6.45, 7) is 0. The van der Waals surface area contributed by atoms with Gasteiger partial charge in [0.2, 0.25) is 12.3 Å². The van der Waals surface area contributed by atoms with Gasteiger partial charge in [-0.1, -0.05) is 11.8 Å². The number of carbonyl (C=O) groups is 2. The smallest absolute Gasteiger partial charge is 0.246 e. The maximum Gasteiger partial charge on any atom is 0.246 e. The molecule has 2 N–H and O–H groups in total. The lowest BCUT2D eigenvalue weighted by atomic mass is 10.2. The monoisotopic (exact) mass is 451 g/mol. The molecule has 2 aromatic heterocycles. The van der Waals surface area contributed by atoms with E-state index in [9.17, 15) is 9.59 Å². The predicted octanol–water partition coefficient (Wildman–Crippen LogP) is 4.50. The topological polar surface area (TPSA) is 71.1 Å². The molecule has 9 heteroatoms. The summed E-state index contributed by atoms with van der Waals surface area (Å²) in [4.78, 5) is 27.9. The number of thioether (sulfide) groups is 2. The van der Waals surface area contributed by atoms with Crippen molar-refractivity contribution in [3.8, 4) is 0 Å². The zero-order chi connectivity index (χ0) is 19.8. The fourth-order valence-corrected chi connectivity index (χ4v) is 5.91. The molecule has 0 fully saturated rings. The largest absolute Gasteiger partial charge is 0.347 e.